The minimum Gasteiger partial charge on any atom is -0.489 e. The van der Waals surface area contributed by atoms with E-state index in [0.717, 1.165) is 22.4 Å². The van der Waals surface area contributed by atoms with Crippen LogP contribution in [0, 0.1) is 12.7 Å². The van der Waals surface area contributed by atoms with Crippen molar-refractivity contribution in [2.24, 2.45) is 5.73 Å². The summed E-state index contributed by atoms with van der Waals surface area (Å²) in [6.45, 7) is 4.28. The third kappa shape index (κ3) is 3.55. The first-order valence-corrected chi connectivity index (χ1v) is 6.29. The largest absolute Gasteiger partial charge is 0.489 e. The summed E-state index contributed by atoms with van der Waals surface area (Å²) in [5, 5.41) is 0. The zero-order chi connectivity index (χ0) is 13.8. The van der Waals surface area contributed by atoms with Crippen LogP contribution in [-0.4, -0.2) is 0 Å². The highest BCUT2D eigenvalue weighted by Gasteiger charge is 2.05. The molecule has 0 amide bonds. The summed E-state index contributed by atoms with van der Waals surface area (Å²) in [4.78, 5) is 0. The molecule has 2 aromatic carbocycles. The lowest BCUT2D eigenvalue weighted by Gasteiger charge is -2.12. The van der Waals surface area contributed by atoms with Gasteiger partial charge in [0.2, 0.25) is 0 Å². The van der Waals surface area contributed by atoms with Crippen LogP contribution in [0.15, 0.2) is 42.5 Å². The molecule has 2 N–H and O–H groups in total. The molecule has 0 fully saturated rings. The van der Waals surface area contributed by atoms with Gasteiger partial charge in [0.25, 0.3) is 0 Å². The molecule has 1 atom stereocenters. The van der Waals surface area contributed by atoms with Crippen LogP contribution < -0.4 is 10.5 Å². The van der Waals surface area contributed by atoms with Gasteiger partial charge in [-0.2, -0.15) is 0 Å². The van der Waals surface area contributed by atoms with E-state index in [9.17, 15) is 4.39 Å². The molecule has 0 aliphatic carbocycles. The van der Waals surface area contributed by atoms with E-state index in [0.29, 0.717) is 6.61 Å². The molecule has 0 aliphatic rings. The molecule has 0 bridgehead atoms. The zero-order valence-corrected chi connectivity index (χ0v) is 11.2. The molecule has 0 radical (unpaired) electrons. The summed E-state index contributed by atoms with van der Waals surface area (Å²) in [7, 11) is 0. The van der Waals surface area contributed by atoms with Gasteiger partial charge in [0.1, 0.15) is 18.2 Å². The molecule has 0 aliphatic heterocycles. The van der Waals surface area contributed by atoms with Crippen molar-refractivity contribution in [3.05, 3.63) is 65.0 Å². The van der Waals surface area contributed by atoms with Crippen molar-refractivity contribution in [3.8, 4) is 5.75 Å². The third-order valence-electron chi connectivity index (χ3n) is 3.01. The predicted octanol–water partition coefficient (Wildman–Crippen LogP) is 3.73. The topological polar surface area (TPSA) is 35.2 Å². The molecule has 2 aromatic rings. The van der Waals surface area contributed by atoms with Crippen LogP contribution in [0.3, 0.4) is 0 Å². The highest BCUT2D eigenvalue weighted by Crippen LogP contribution is 2.22. The minimum absolute atomic E-state index is 0.0102. The van der Waals surface area contributed by atoms with Crippen molar-refractivity contribution in [2.45, 2.75) is 26.5 Å². The van der Waals surface area contributed by atoms with Crippen molar-refractivity contribution < 1.29 is 9.13 Å². The first-order chi connectivity index (χ1) is 9.06. The van der Waals surface area contributed by atoms with E-state index in [1.165, 1.54) is 12.1 Å². The summed E-state index contributed by atoms with van der Waals surface area (Å²) in [6.07, 6.45) is 0. The van der Waals surface area contributed by atoms with Crippen molar-refractivity contribution >= 4 is 0 Å². The van der Waals surface area contributed by atoms with E-state index in [1.54, 1.807) is 6.07 Å². The van der Waals surface area contributed by atoms with Gasteiger partial charge in [0.15, 0.2) is 0 Å². The lowest BCUT2D eigenvalue weighted by Crippen LogP contribution is -2.05. The Morgan fingerprint density at radius 3 is 2.63 bits per heavy atom. The average molecular weight is 259 g/mol. The average Bonchev–Trinajstić information content (AvgIpc) is 2.37. The standard InChI is InChI=1S/C16H18FNO/c1-11-8-14(12(2)18)6-7-16(11)19-10-13-4-3-5-15(17)9-13/h3-9,12H,10,18H2,1-2H3/t12-/m1/s1. The Hall–Kier alpha value is -1.87. The van der Waals surface area contributed by atoms with Gasteiger partial charge in [0, 0.05) is 6.04 Å². The molecule has 19 heavy (non-hydrogen) atoms. The second-order valence-corrected chi connectivity index (χ2v) is 4.73. The van der Waals surface area contributed by atoms with E-state index >= 15 is 0 Å². The summed E-state index contributed by atoms with van der Waals surface area (Å²) >= 11 is 0. The smallest absolute Gasteiger partial charge is 0.123 e. The van der Waals surface area contributed by atoms with Gasteiger partial charge < -0.3 is 10.5 Å². The second-order valence-electron chi connectivity index (χ2n) is 4.73. The Bertz CT molecular complexity index is 566. The van der Waals surface area contributed by atoms with Crippen LogP contribution in [0.4, 0.5) is 4.39 Å². The van der Waals surface area contributed by atoms with Gasteiger partial charge in [-0.05, 0) is 48.7 Å². The third-order valence-corrected chi connectivity index (χ3v) is 3.01. The normalized spacial score (nSPS) is 12.2. The van der Waals surface area contributed by atoms with Gasteiger partial charge in [-0.3, -0.25) is 0 Å². The molecule has 0 unspecified atom stereocenters. The first-order valence-electron chi connectivity index (χ1n) is 6.29. The molecule has 100 valence electrons. The molecular weight excluding hydrogens is 241 g/mol. The maximum Gasteiger partial charge on any atom is 0.123 e. The molecule has 0 saturated heterocycles. The number of nitrogens with two attached hydrogens (primary N) is 1. The molecule has 3 heteroatoms. The van der Waals surface area contributed by atoms with E-state index < -0.39 is 0 Å². The quantitative estimate of drug-likeness (QED) is 0.908. The number of aryl methyl sites for hydroxylation is 1. The van der Waals surface area contributed by atoms with Crippen molar-refractivity contribution in [1.29, 1.82) is 0 Å². The van der Waals surface area contributed by atoms with Crippen LogP contribution in [-0.2, 0) is 6.61 Å². The second kappa shape index (κ2) is 5.85. The predicted molar refractivity (Wildman–Crippen MR) is 74.5 cm³/mol. The minimum atomic E-state index is -0.245. The Morgan fingerprint density at radius 1 is 1.21 bits per heavy atom. The fourth-order valence-electron chi connectivity index (χ4n) is 1.91. The van der Waals surface area contributed by atoms with Crippen molar-refractivity contribution in [1.82, 2.24) is 0 Å². The van der Waals surface area contributed by atoms with E-state index in [2.05, 4.69) is 0 Å². The van der Waals surface area contributed by atoms with Crippen LogP contribution in [0.2, 0.25) is 0 Å². The molecular formula is C16H18FNO. The van der Waals surface area contributed by atoms with Gasteiger partial charge in [-0.25, -0.2) is 4.39 Å². The van der Waals surface area contributed by atoms with E-state index in [1.807, 2.05) is 38.1 Å². The number of rotatable bonds is 4. The Kier molecular flexibility index (Phi) is 4.17. The summed E-state index contributed by atoms with van der Waals surface area (Å²) in [5.74, 6) is 0.554. The molecule has 0 aromatic heterocycles. The molecule has 0 heterocycles. The molecule has 0 saturated carbocycles. The summed E-state index contributed by atoms with van der Waals surface area (Å²) in [6, 6.07) is 12.3. The SMILES string of the molecule is Cc1cc([C@@H](C)N)ccc1OCc1cccc(F)c1. The maximum atomic E-state index is 13.0. The first kappa shape index (κ1) is 13.6. The summed E-state index contributed by atoms with van der Waals surface area (Å²) in [5.41, 5.74) is 8.76. The van der Waals surface area contributed by atoms with E-state index in [-0.39, 0.29) is 11.9 Å². The van der Waals surface area contributed by atoms with Gasteiger partial charge in [-0.1, -0.05) is 24.3 Å². The molecule has 2 rings (SSSR count). The number of ether oxygens (including phenoxy) is 1. The Labute approximate surface area is 113 Å². The number of halogens is 1. The highest BCUT2D eigenvalue weighted by molar-refractivity contribution is 5.37. The zero-order valence-electron chi connectivity index (χ0n) is 11.2. The highest BCUT2D eigenvalue weighted by atomic mass is 19.1. The van der Waals surface area contributed by atoms with Crippen molar-refractivity contribution in [2.75, 3.05) is 0 Å². The Balaban J connectivity index is 2.07. The lowest BCUT2D eigenvalue weighted by molar-refractivity contribution is 0.303. The Morgan fingerprint density at radius 2 is 2.00 bits per heavy atom. The van der Waals surface area contributed by atoms with Crippen LogP contribution in [0.5, 0.6) is 5.75 Å². The number of hydrogen-bond acceptors (Lipinski definition) is 2. The monoisotopic (exact) mass is 259 g/mol. The van der Waals surface area contributed by atoms with Gasteiger partial charge in [-0.15, -0.1) is 0 Å². The number of benzene rings is 2. The van der Waals surface area contributed by atoms with Crippen molar-refractivity contribution in [3.63, 3.8) is 0 Å². The van der Waals surface area contributed by atoms with Crippen LogP contribution >= 0.6 is 0 Å². The maximum absolute atomic E-state index is 13.0. The summed E-state index contributed by atoms with van der Waals surface area (Å²) < 4.78 is 18.7. The number of hydrogen-bond donors (Lipinski definition) is 1. The molecule has 2 nitrogen and oxygen atoms in total. The van der Waals surface area contributed by atoms with Gasteiger partial charge in [0.05, 0.1) is 0 Å². The van der Waals surface area contributed by atoms with Gasteiger partial charge >= 0.3 is 0 Å². The fourth-order valence-corrected chi connectivity index (χ4v) is 1.91. The van der Waals surface area contributed by atoms with E-state index in [4.69, 9.17) is 10.5 Å². The van der Waals surface area contributed by atoms with Crippen LogP contribution in [0.25, 0.3) is 0 Å². The fraction of sp³-hybridized carbons (Fsp3) is 0.250. The van der Waals surface area contributed by atoms with Crippen LogP contribution in [0.1, 0.15) is 29.7 Å². The molecule has 0 spiro atoms. The lowest BCUT2D eigenvalue weighted by atomic mass is 10.1.